The van der Waals surface area contributed by atoms with E-state index < -0.39 is 67.1 Å². The standard InChI is InChI=1S/C15H10O11S/c16-6-2-1-5(3-7(6)17)13-15(26-27(22,23)24)12(21)10-8(18)4-9(19)11(20)14(10)25-13/h1-4,16-20H,(H,22,23,24). The Morgan fingerprint density at radius 1 is 0.889 bits per heavy atom. The van der Waals surface area contributed by atoms with Crippen LogP contribution >= 0.6 is 0 Å². The van der Waals surface area contributed by atoms with E-state index in [9.17, 15) is 38.7 Å². The van der Waals surface area contributed by atoms with E-state index in [1.807, 2.05) is 0 Å². The molecule has 1 aromatic heterocycles. The molecule has 0 atom stereocenters. The molecule has 0 radical (unpaired) electrons. The first-order chi connectivity index (χ1) is 12.5. The summed E-state index contributed by atoms with van der Waals surface area (Å²) in [4.78, 5) is 12.6. The lowest BCUT2D eigenvalue weighted by atomic mass is 10.1. The molecule has 11 nitrogen and oxygen atoms in total. The van der Waals surface area contributed by atoms with Gasteiger partial charge in [-0.05, 0) is 18.2 Å². The molecule has 0 spiro atoms. The van der Waals surface area contributed by atoms with E-state index >= 15 is 0 Å². The maximum Gasteiger partial charge on any atom is 0.446 e. The van der Waals surface area contributed by atoms with Gasteiger partial charge in [-0.15, -0.1) is 0 Å². The smallest absolute Gasteiger partial charge is 0.446 e. The summed E-state index contributed by atoms with van der Waals surface area (Å²) in [5.41, 5.74) is -2.24. The van der Waals surface area contributed by atoms with Crippen molar-refractivity contribution < 1.29 is 47.1 Å². The minimum atomic E-state index is -5.21. The van der Waals surface area contributed by atoms with Gasteiger partial charge in [0.25, 0.3) is 0 Å². The maximum absolute atomic E-state index is 12.6. The van der Waals surface area contributed by atoms with Crippen molar-refractivity contribution >= 4 is 21.4 Å². The molecule has 142 valence electrons. The Labute approximate surface area is 149 Å². The summed E-state index contributed by atoms with van der Waals surface area (Å²) in [5, 5.41) is 47.6. The van der Waals surface area contributed by atoms with Crippen molar-refractivity contribution in [2.24, 2.45) is 0 Å². The van der Waals surface area contributed by atoms with Gasteiger partial charge >= 0.3 is 10.4 Å². The fourth-order valence-electron chi connectivity index (χ4n) is 2.34. The molecule has 27 heavy (non-hydrogen) atoms. The van der Waals surface area contributed by atoms with Gasteiger partial charge in [-0.25, -0.2) is 0 Å². The SMILES string of the molecule is O=c1c(OS(=O)(=O)O)c(-c2ccc(O)c(O)c2)oc2c(O)c(O)cc(O)c12. The average Bonchev–Trinajstić information content (AvgIpc) is 2.55. The molecule has 0 aliphatic heterocycles. The number of aromatic hydroxyl groups is 5. The summed E-state index contributed by atoms with van der Waals surface area (Å²) in [6.45, 7) is 0. The summed E-state index contributed by atoms with van der Waals surface area (Å²) < 4.78 is 40.6. The molecule has 0 aliphatic carbocycles. The zero-order valence-corrected chi connectivity index (χ0v) is 13.8. The van der Waals surface area contributed by atoms with E-state index in [4.69, 9.17) is 8.97 Å². The van der Waals surface area contributed by atoms with Crippen LogP contribution in [-0.2, 0) is 10.4 Å². The summed E-state index contributed by atoms with van der Waals surface area (Å²) in [5.74, 6) is -5.66. The van der Waals surface area contributed by atoms with Gasteiger partial charge in [0.2, 0.25) is 16.9 Å². The zero-order chi connectivity index (χ0) is 20.1. The molecule has 0 amide bonds. The first-order valence-electron chi connectivity index (χ1n) is 6.93. The lowest BCUT2D eigenvalue weighted by Crippen LogP contribution is -2.15. The Balaban J connectivity index is 2.49. The summed E-state index contributed by atoms with van der Waals surface area (Å²) in [7, 11) is -5.21. The van der Waals surface area contributed by atoms with Crippen molar-refractivity contribution in [1.82, 2.24) is 0 Å². The number of benzene rings is 2. The molecule has 3 aromatic rings. The van der Waals surface area contributed by atoms with E-state index in [-0.39, 0.29) is 5.56 Å². The molecule has 0 unspecified atom stereocenters. The predicted molar refractivity (Wildman–Crippen MR) is 88.4 cm³/mol. The Kier molecular flexibility index (Phi) is 4.01. The molecule has 0 aliphatic rings. The van der Waals surface area contributed by atoms with Gasteiger partial charge in [0.1, 0.15) is 11.1 Å². The second-order valence-corrected chi connectivity index (χ2v) is 6.29. The topological polar surface area (TPSA) is 195 Å². The van der Waals surface area contributed by atoms with E-state index in [1.165, 1.54) is 0 Å². The fourth-order valence-corrected chi connectivity index (χ4v) is 2.70. The number of rotatable bonds is 3. The third-order valence-electron chi connectivity index (χ3n) is 3.48. The van der Waals surface area contributed by atoms with Crippen LogP contribution in [0.1, 0.15) is 0 Å². The minimum Gasteiger partial charge on any atom is -0.507 e. The van der Waals surface area contributed by atoms with Crippen LogP contribution in [0, 0.1) is 0 Å². The van der Waals surface area contributed by atoms with Crippen molar-refractivity contribution in [2.75, 3.05) is 0 Å². The highest BCUT2D eigenvalue weighted by atomic mass is 32.3. The minimum absolute atomic E-state index is 0.204. The van der Waals surface area contributed by atoms with Gasteiger partial charge < -0.3 is 34.1 Å². The highest BCUT2D eigenvalue weighted by molar-refractivity contribution is 7.81. The van der Waals surface area contributed by atoms with Gasteiger partial charge in [-0.2, -0.15) is 8.42 Å². The summed E-state index contributed by atoms with van der Waals surface area (Å²) >= 11 is 0. The van der Waals surface area contributed by atoms with Crippen LogP contribution in [-0.4, -0.2) is 38.5 Å². The number of phenolic OH excluding ortho intramolecular Hbond substituents is 5. The van der Waals surface area contributed by atoms with Crippen molar-refractivity contribution in [1.29, 1.82) is 0 Å². The lowest BCUT2D eigenvalue weighted by molar-refractivity contribution is 0.377. The van der Waals surface area contributed by atoms with E-state index in [0.29, 0.717) is 6.07 Å². The van der Waals surface area contributed by atoms with Crippen LogP contribution in [0.5, 0.6) is 34.5 Å². The Morgan fingerprint density at radius 2 is 1.56 bits per heavy atom. The van der Waals surface area contributed by atoms with Gasteiger partial charge in [-0.1, -0.05) is 0 Å². The molecule has 0 saturated carbocycles. The van der Waals surface area contributed by atoms with Crippen LogP contribution in [0.15, 0.2) is 33.5 Å². The average molecular weight is 398 g/mol. The number of hydrogen-bond donors (Lipinski definition) is 6. The molecule has 0 bridgehead atoms. The Hall–Kier alpha value is -3.64. The molecule has 0 saturated heterocycles. The van der Waals surface area contributed by atoms with Crippen LogP contribution in [0.3, 0.4) is 0 Å². The largest absolute Gasteiger partial charge is 0.507 e. The second kappa shape index (κ2) is 5.96. The Morgan fingerprint density at radius 3 is 2.15 bits per heavy atom. The Bertz CT molecular complexity index is 1240. The van der Waals surface area contributed by atoms with Crippen LogP contribution < -0.4 is 9.61 Å². The quantitative estimate of drug-likeness (QED) is 0.210. The molecule has 6 N–H and O–H groups in total. The monoisotopic (exact) mass is 398 g/mol. The normalized spacial score (nSPS) is 11.6. The van der Waals surface area contributed by atoms with Gasteiger partial charge in [0.15, 0.2) is 28.6 Å². The number of fused-ring (bicyclic) bond motifs is 1. The highest BCUT2D eigenvalue weighted by Crippen LogP contribution is 2.43. The van der Waals surface area contributed by atoms with E-state index in [2.05, 4.69) is 4.18 Å². The van der Waals surface area contributed by atoms with Gasteiger partial charge in [0, 0.05) is 11.6 Å². The van der Waals surface area contributed by atoms with Crippen LogP contribution in [0.2, 0.25) is 0 Å². The molecule has 3 rings (SSSR count). The van der Waals surface area contributed by atoms with Crippen molar-refractivity contribution in [2.45, 2.75) is 0 Å². The molecule has 1 heterocycles. The first-order valence-corrected chi connectivity index (χ1v) is 8.30. The number of hydrogen-bond acceptors (Lipinski definition) is 10. The third-order valence-corrected chi connectivity index (χ3v) is 3.86. The first kappa shape index (κ1) is 18.2. The van der Waals surface area contributed by atoms with Crippen LogP contribution in [0.25, 0.3) is 22.3 Å². The van der Waals surface area contributed by atoms with Crippen molar-refractivity contribution in [3.8, 4) is 45.8 Å². The predicted octanol–water partition coefficient (Wildman–Crippen LogP) is 1.17. The third kappa shape index (κ3) is 3.14. The van der Waals surface area contributed by atoms with E-state index in [0.717, 1.165) is 18.2 Å². The second-order valence-electron chi connectivity index (χ2n) is 5.27. The number of phenols is 5. The maximum atomic E-state index is 12.6. The highest BCUT2D eigenvalue weighted by Gasteiger charge is 2.27. The van der Waals surface area contributed by atoms with Crippen LogP contribution in [0.4, 0.5) is 0 Å². The van der Waals surface area contributed by atoms with Crippen molar-refractivity contribution in [3.63, 3.8) is 0 Å². The molecular weight excluding hydrogens is 388 g/mol. The molecule has 12 heteroatoms. The van der Waals surface area contributed by atoms with Gasteiger partial charge in [-0.3, -0.25) is 9.35 Å². The zero-order valence-electron chi connectivity index (χ0n) is 12.9. The summed E-state index contributed by atoms with van der Waals surface area (Å²) in [6, 6.07) is 3.55. The molecule has 2 aromatic carbocycles. The molecular formula is C15H10O11S. The molecule has 0 fully saturated rings. The van der Waals surface area contributed by atoms with Gasteiger partial charge in [0.05, 0.1) is 0 Å². The van der Waals surface area contributed by atoms with Crippen molar-refractivity contribution in [3.05, 3.63) is 34.5 Å². The van der Waals surface area contributed by atoms with E-state index in [1.54, 1.807) is 0 Å². The fraction of sp³-hybridized carbons (Fsp3) is 0. The summed E-state index contributed by atoms with van der Waals surface area (Å²) in [6.07, 6.45) is 0. The lowest BCUT2D eigenvalue weighted by Gasteiger charge is -2.12.